The van der Waals surface area contributed by atoms with Gasteiger partial charge in [0, 0.05) is 42.0 Å². The predicted octanol–water partition coefficient (Wildman–Crippen LogP) is 5.64. The van der Waals surface area contributed by atoms with Gasteiger partial charge in [-0.25, -0.2) is 0 Å². The van der Waals surface area contributed by atoms with Gasteiger partial charge >= 0.3 is 0 Å². The number of halogens is 2. The van der Waals surface area contributed by atoms with E-state index in [1.54, 1.807) is 0 Å². The van der Waals surface area contributed by atoms with Crippen molar-refractivity contribution < 1.29 is 29.3 Å². The van der Waals surface area contributed by atoms with Crippen LogP contribution in [0.3, 0.4) is 0 Å². The van der Waals surface area contributed by atoms with Crippen LogP contribution in [0.1, 0.15) is 106 Å². The second kappa shape index (κ2) is 14.5. The van der Waals surface area contributed by atoms with Crippen molar-refractivity contribution >= 4 is 45.9 Å². The quantitative estimate of drug-likeness (QED) is 0.230. The summed E-state index contributed by atoms with van der Waals surface area (Å²) in [6.45, 7) is 7.86. The minimum Gasteiger partial charge on any atom is -0.394 e. The van der Waals surface area contributed by atoms with Crippen LogP contribution in [-0.2, 0) is 14.3 Å². The minimum atomic E-state index is -0.926. The first-order valence-electron chi connectivity index (χ1n) is 20.7. The molecule has 4 aliphatic carbocycles. The molecule has 0 spiro atoms. The lowest BCUT2D eigenvalue weighted by Crippen LogP contribution is -2.54. The number of amides is 2. The monoisotopic (exact) mass is 784 g/mol. The summed E-state index contributed by atoms with van der Waals surface area (Å²) in [7, 11) is 0. The molecule has 4 heterocycles. The Morgan fingerprint density at radius 2 is 1.78 bits per heavy atom. The van der Waals surface area contributed by atoms with Crippen molar-refractivity contribution in [3.8, 4) is 0 Å². The number of hydrogen-bond donors (Lipinski definition) is 4. The van der Waals surface area contributed by atoms with Crippen molar-refractivity contribution in [1.82, 2.24) is 20.1 Å². The SMILES string of the molecule is CC1(C)CCCC(O)(CNC(=O)c2cn(C3COC3)c3ccc(C4CCC(C(CO)NC(=O)C5CN(C6COC6)C6C7CC7CC(Cl)C56)CC4)c(Cl)c23)C1. The number of aromatic nitrogens is 1. The molecule has 3 aliphatic heterocycles. The molecule has 54 heavy (non-hydrogen) atoms. The number of nitrogens with one attached hydrogen (secondary N) is 2. The number of benzene rings is 1. The van der Waals surface area contributed by atoms with Crippen LogP contribution in [0.2, 0.25) is 5.02 Å². The Kier molecular flexibility index (Phi) is 10.1. The zero-order valence-electron chi connectivity index (χ0n) is 31.8. The van der Waals surface area contributed by atoms with Crippen LogP contribution in [-0.4, -0.2) is 107 Å². The van der Waals surface area contributed by atoms with Crippen LogP contribution >= 0.6 is 23.2 Å². The average Bonchev–Trinajstić information content (AvgIpc) is 3.59. The van der Waals surface area contributed by atoms with E-state index >= 15 is 0 Å². The third kappa shape index (κ3) is 6.81. The van der Waals surface area contributed by atoms with Gasteiger partial charge in [0.2, 0.25) is 5.91 Å². The molecule has 8 unspecified atom stereocenters. The molecule has 2 aromatic rings. The van der Waals surface area contributed by atoms with E-state index in [1.165, 1.54) is 6.42 Å². The topological polar surface area (TPSA) is 125 Å². The summed E-state index contributed by atoms with van der Waals surface area (Å²) in [4.78, 5) is 30.5. The van der Waals surface area contributed by atoms with E-state index in [-0.39, 0.29) is 71.5 Å². The van der Waals surface area contributed by atoms with E-state index in [0.717, 1.165) is 81.2 Å². The summed E-state index contributed by atoms with van der Waals surface area (Å²) < 4.78 is 13.2. The molecule has 296 valence electrons. The van der Waals surface area contributed by atoms with Gasteiger partial charge in [-0.2, -0.15) is 0 Å². The van der Waals surface area contributed by atoms with Crippen molar-refractivity contribution in [2.24, 2.45) is 35.0 Å². The molecule has 4 N–H and O–H groups in total. The summed E-state index contributed by atoms with van der Waals surface area (Å²) >= 11 is 14.4. The zero-order valence-corrected chi connectivity index (χ0v) is 33.3. The number of carbonyl (C=O) groups excluding carboxylic acids is 2. The molecule has 1 aromatic heterocycles. The smallest absolute Gasteiger partial charge is 0.253 e. The number of alkyl halides is 1. The van der Waals surface area contributed by atoms with E-state index in [1.807, 2.05) is 6.20 Å². The van der Waals surface area contributed by atoms with Crippen LogP contribution in [0.4, 0.5) is 0 Å². The van der Waals surface area contributed by atoms with Crippen molar-refractivity contribution in [3.05, 3.63) is 34.5 Å². The fraction of sp³-hybridized carbons (Fsp3) is 0.762. The maximum absolute atomic E-state index is 14.0. The fourth-order valence-electron chi connectivity index (χ4n) is 11.8. The second-order valence-electron chi connectivity index (χ2n) is 19.0. The molecular weight excluding hydrogens is 727 g/mol. The molecule has 0 bridgehead atoms. The van der Waals surface area contributed by atoms with Gasteiger partial charge in [0.05, 0.1) is 78.8 Å². The molecule has 7 aliphatic rings. The van der Waals surface area contributed by atoms with Crippen LogP contribution in [0.15, 0.2) is 18.3 Å². The van der Waals surface area contributed by atoms with Crippen molar-refractivity contribution in [2.75, 3.05) is 46.1 Å². The Bertz CT molecular complexity index is 1750. The number of ether oxygens (including phenoxy) is 2. The Hall–Kier alpha value is -1.92. The van der Waals surface area contributed by atoms with Gasteiger partial charge in [-0.15, -0.1) is 11.6 Å². The van der Waals surface area contributed by atoms with Crippen LogP contribution in [0, 0.1) is 35.0 Å². The Labute approximate surface area is 329 Å². The molecule has 0 radical (unpaired) electrons. The number of nitrogens with zero attached hydrogens (tertiary/aromatic N) is 2. The van der Waals surface area contributed by atoms with Crippen LogP contribution < -0.4 is 10.6 Å². The number of rotatable bonds is 10. The molecule has 10 nitrogen and oxygen atoms in total. The number of aliphatic hydroxyl groups excluding tert-OH is 1. The van der Waals surface area contributed by atoms with E-state index in [4.69, 9.17) is 32.7 Å². The Balaban J connectivity index is 0.883. The standard InChI is InChI=1S/C42H58Cl2N4O6/c1-41(2)10-3-11-42(52,21-41)22-45-39(50)31-14-47(26-17-53-18-26)34-9-8-28(37(44)36(31)34)23-4-6-24(7-5-23)33(16-49)46-40(51)30-15-48(27-19-54-20-27)38-29-12-25(29)13-32(43)35(30)38/h8-9,14,23-27,29-30,32-33,35,38,49,52H,3-7,10-13,15-22H2,1-2H3,(H,45,50)(H,46,51). The van der Waals surface area contributed by atoms with Crippen molar-refractivity contribution in [3.63, 3.8) is 0 Å². The molecule has 12 heteroatoms. The lowest BCUT2D eigenvalue weighted by Gasteiger charge is -2.42. The molecule has 8 atom stereocenters. The Morgan fingerprint density at radius 1 is 1.04 bits per heavy atom. The normalized spacial score (nSPS) is 37.1. The van der Waals surface area contributed by atoms with Crippen molar-refractivity contribution in [1.29, 1.82) is 0 Å². The second-order valence-corrected chi connectivity index (χ2v) is 19.9. The lowest BCUT2D eigenvalue weighted by molar-refractivity contribution is -0.127. The number of aliphatic hydroxyl groups is 2. The van der Waals surface area contributed by atoms with E-state index < -0.39 is 5.60 Å². The van der Waals surface area contributed by atoms with Gasteiger partial charge < -0.3 is 34.9 Å². The van der Waals surface area contributed by atoms with E-state index in [9.17, 15) is 19.8 Å². The van der Waals surface area contributed by atoms with E-state index in [0.29, 0.717) is 60.6 Å². The lowest BCUT2D eigenvalue weighted by atomic mass is 9.70. The summed E-state index contributed by atoms with van der Waals surface area (Å²) in [5, 5.41) is 29.8. The number of hydrogen-bond acceptors (Lipinski definition) is 7. The van der Waals surface area contributed by atoms with Crippen molar-refractivity contribution in [2.45, 2.75) is 119 Å². The predicted molar refractivity (Wildman–Crippen MR) is 208 cm³/mol. The third-order valence-electron chi connectivity index (χ3n) is 14.8. The highest BCUT2D eigenvalue weighted by Crippen LogP contribution is 2.59. The molecule has 7 fully saturated rings. The van der Waals surface area contributed by atoms with Crippen LogP contribution in [0.5, 0.6) is 0 Å². The first-order valence-corrected chi connectivity index (χ1v) is 21.5. The third-order valence-corrected chi connectivity index (χ3v) is 15.7. The molecule has 1 aromatic carbocycles. The highest BCUT2D eigenvalue weighted by molar-refractivity contribution is 6.37. The highest BCUT2D eigenvalue weighted by atomic mass is 35.5. The molecule has 2 amide bonds. The summed E-state index contributed by atoms with van der Waals surface area (Å²) in [6.07, 6.45) is 10.9. The molecular formula is C42H58Cl2N4O6. The van der Waals surface area contributed by atoms with Gasteiger partial charge in [-0.1, -0.05) is 31.5 Å². The van der Waals surface area contributed by atoms with Gasteiger partial charge in [-0.3, -0.25) is 14.5 Å². The summed E-state index contributed by atoms with van der Waals surface area (Å²) in [6, 6.07) is 4.80. The molecule has 4 saturated carbocycles. The first kappa shape index (κ1) is 37.6. The van der Waals surface area contributed by atoms with Gasteiger partial charge in [0.25, 0.3) is 5.91 Å². The Morgan fingerprint density at radius 3 is 2.44 bits per heavy atom. The molecule has 3 saturated heterocycles. The zero-order chi connectivity index (χ0) is 37.5. The minimum absolute atomic E-state index is 0.00626. The summed E-state index contributed by atoms with van der Waals surface area (Å²) in [5.41, 5.74) is 1.60. The average molecular weight is 786 g/mol. The maximum atomic E-state index is 14.0. The fourth-order valence-corrected chi connectivity index (χ4v) is 12.8. The summed E-state index contributed by atoms with van der Waals surface area (Å²) in [5.74, 6) is 1.50. The number of likely N-dealkylation sites (tertiary alicyclic amines) is 1. The first-order chi connectivity index (χ1) is 25.9. The number of carbonyl (C=O) groups is 2. The largest absolute Gasteiger partial charge is 0.394 e. The van der Waals surface area contributed by atoms with Gasteiger partial charge in [0.1, 0.15) is 0 Å². The molecule has 9 rings (SSSR count). The van der Waals surface area contributed by atoms with Gasteiger partial charge in [-0.05, 0) is 105 Å². The maximum Gasteiger partial charge on any atom is 0.253 e. The highest BCUT2D eigenvalue weighted by Gasteiger charge is 2.62. The van der Waals surface area contributed by atoms with Gasteiger partial charge in [0.15, 0.2) is 0 Å². The number of fused-ring (bicyclic) bond motifs is 4. The van der Waals surface area contributed by atoms with Crippen LogP contribution in [0.25, 0.3) is 10.9 Å². The van der Waals surface area contributed by atoms with E-state index in [2.05, 4.69) is 46.1 Å².